The summed E-state index contributed by atoms with van der Waals surface area (Å²) in [4.78, 5) is 128. The van der Waals surface area contributed by atoms with Crippen molar-refractivity contribution in [3.8, 4) is 0 Å². The maximum absolute atomic E-state index is 14.3. The van der Waals surface area contributed by atoms with Crippen LogP contribution in [-0.2, 0) is 43.2 Å². The van der Waals surface area contributed by atoms with Crippen LogP contribution in [0.5, 0.6) is 0 Å². The molecule has 22 heteroatoms. The van der Waals surface area contributed by atoms with Gasteiger partial charge in [0.15, 0.2) is 5.96 Å². The van der Waals surface area contributed by atoms with Gasteiger partial charge in [-0.25, -0.2) is 0 Å². The number of carbonyl (C=O) groups is 9. The summed E-state index contributed by atoms with van der Waals surface area (Å²) in [5.41, 5.74) is 16.7. The van der Waals surface area contributed by atoms with E-state index in [4.69, 9.17) is 17.2 Å². The van der Waals surface area contributed by atoms with Gasteiger partial charge in [0.1, 0.15) is 42.3 Å². The van der Waals surface area contributed by atoms with Crippen molar-refractivity contribution < 1.29 is 48.3 Å². The van der Waals surface area contributed by atoms with Crippen LogP contribution >= 0.6 is 0 Å². The van der Waals surface area contributed by atoms with Gasteiger partial charge in [0, 0.05) is 13.1 Å². The Morgan fingerprint density at radius 2 is 1.11 bits per heavy atom. The summed E-state index contributed by atoms with van der Waals surface area (Å²) >= 11 is 0. The molecule has 2 fully saturated rings. The second-order valence-electron chi connectivity index (χ2n) is 17.6. The molecule has 0 unspecified atom stereocenters. The number of unbranched alkanes of at least 4 members (excludes halogenated alkanes) is 1. The van der Waals surface area contributed by atoms with Gasteiger partial charge in [0.25, 0.3) is 0 Å². The maximum atomic E-state index is 14.3. The normalized spacial score (nSPS) is 25.2. The number of amides is 8. The Balaban J connectivity index is 2.69. The number of carbonyl (C=O) groups excluding carboxylic acids is 8. The number of nitrogens with one attached hydrogen (secondary N) is 7. The van der Waals surface area contributed by atoms with Gasteiger partial charge in [-0.05, 0) is 88.5 Å². The minimum Gasteiger partial charge on any atom is -0.481 e. The number of hydrogen-bond acceptors (Lipinski definition) is 11. The van der Waals surface area contributed by atoms with Crippen LogP contribution in [0.4, 0.5) is 0 Å². The fraction of sp³-hybridized carbons (Fsp3) is 0.756. The molecule has 14 N–H and O–H groups in total. The molecule has 2 heterocycles. The zero-order chi connectivity index (χ0) is 47.4. The van der Waals surface area contributed by atoms with Gasteiger partial charge in [-0.15, -0.1) is 0 Å². The second kappa shape index (κ2) is 26.8. The van der Waals surface area contributed by atoms with Crippen molar-refractivity contribution >= 4 is 59.2 Å². The monoisotopic (exact) mass is 893 g/mol. The maximum Gasteiger partial charge on any atom is 0.305 e. The number of nitrogens with two attached hydrogens (primary N) is 3. The number of hydrogen-bond donors (Lipinski definition) is 11. The summed E-state index contributed by atoms with van der Waals surface area (Å²) in [5.74, 6) is -8.16. The number of guanidine groups is 1. The van der Waals surface area contributed by atoms with E-state index in [9.17, 15) is 48.3 Å². The highest BCUT2D eigenvalue weighted by Crippen LogP contribution is 2.20. The second-order valence-corrected chi connectivity index (χ2v) is 17.6. The smallest absolute Gasteiger partial charge is 0.305 e. The standard InChI is InChI=1S/C41H72N12O10/c1-22(2)17-27-35(58)50-29(19-24(5)6)37(60)52-30(20-33(55)56)38(61)51-28(18-23(3)4)36(59)48-25(11-7-8-14-42)34(57)49-26(12-9-15-45-41(43)44)40(63)53-16-10-13-31(53)39(62)46-21-32(54)47-27/h22-31H,7-21,42H2,1-6H3,(H,46,62)(H,47,54)(H,48,59)(H,49,57)(H,50,58)(H,51,61)(H,52,60)(H,55,56)(H4,43,44,45)/t25-,26-,27-,28-,29-,30-,31-/m0/s1. The van der Waals surface area contributed by atoms with E-state index in [1.165, 1.54) is 4.90 Å². The highest BCUT2D eigenvalue weighted by atomic mass is 16.4. The zero-order valence-electron chi connectivity index (χ0n) is 37.6. The molecule has 2 rings (SSSR count). The van der Waals surface area contributed by atoms with E-state index in [2.05, 4.69) is 42.2 Å². The van der Waals surface area contributed by atoms with Crippen molar-refractivity contribution in [1.82, 2.24) is 42.1 Å². The molecular formula is C41H72N12O10. The molecule has 2 aliphatic rings. The van der Waals surface area contributed by atoms with Gasteiger partial charge < -0.3 is 64.4 Å². The molecule has 0 saturated carbocycles. The predicted molar refractivity (Wildman–Crippen MR) is 233 cm³/mol. The van der Waals surface area contributed by atoms with E-state index in [1.54, 1.807) is 27.7 Å². The number of rotatable bonds is 16. The first-order valence-electron chi connectivity index (χ1n) is 22.0. The van der Waals surface area contributed by atoms with Crippen LogP contribution in [0, 0.1) is 17.8 Å². The highest BCUT2D eigenvalue weighted by Gasteiger charge is 2.39. The Morgan fingerprint density at radius 1 is 0.651 bits per heavy atom. The minimum absolute atomic E-state index is 0.0398. The van der Waals surface area contributed by atoms with Crippen molar-refractivity contribution in [3.05, 3.63) is 0 Å². The largest absolute Gasteiger partial charge is 0.481 e. The predicted octanol–water partition coefficient (Wildman–Crippen LogP) is -2.19. The summed E-state index contributed by atoms with van der Waals surface area (Å²) < 4.78 is 0. The van der Waals surface area contributed by atoms with Gasteiger partial charge in [0.2, 0.25) is 47.3 Å². The number of carboxylic acid groups (broad SMARTS) is 1. The Labute approximate surface area is 369 Å². The van der Waals surface area contributed by atoms with Crippen molar-refractivity contribution in [3.63, 3.8) is 0 Å². The van der Waals surface area contributed by atoms with Crippen LogP contribution in [0.2, 0.25) is 0 Å². The van der Waals surface area contributed by atoms with Crippen LogP contribution in [-0.4, -0.2) is 138 Å². The molecule has 0 aromatic rings. The third-order valence-electron chi connectivity index (χ3n) is 10.5. The van der Waals surface area contributed by atoms with E-state index < -0.39 is 108 Å². The summed E-state index contributed by atoms with van der Waals surface area (Å²) in [6.45, 7) is 10.8. The number of fused-ring (bicyclic) bond motifs is 1. The SMILES string of the molecule is CC(C)C[C@@H]1NC(=O)CNC(=O)[C@@H]2CCCN2C(=O)[C@H](CCCN=C(N)N)NC(=O)[C@H](CCCCN)NC(=O)[C@H](CC(C)C)NC(=O)[C@H](CC(=O)O)NC(=O)[C@H](CC(C)C)NC1=O. The number of aliphatic carboxylic acids is 1. The molecule has 0 aromatic heterocycles. The highest BCUT2D eigenvalue weighted by molar-refractivity contribution is 5.99. The minimum atomic E-state index is -1.70. The van der Waals surface area contributed by atoms with Crippen molar-refractivity contribution in [2.24, 2.45) is 39.9 Å². The quantitative estimate of drug-likeness (QED) is 0.0446. The Kier molecular flexibility index (Phi) is 22.8. The number of aliphatic imine (C=N–C) groups is 1. The molecule has 0 aromatic carbocycles. The first-order chi connectivity index (χ1) is 29.6. The molecule has 2 saturated heterocycles. The van der Waals surface area contributed by atoms with Gasteiger partial charge >= 0.3 is 5.97 Å². The molecule has 8 amide bonds. The molecular weight excluding hydrogens is 821 g/mol. The summed E-state index contributed by atoms with van der Waals surface area (Å²) in [6.07, 6.45) is 1.32. The molecule has 0 radical (unpaired) electrons. The molecule has 0 bridgehead atoms. The average molecular weight is 893 g/mol. The average Bonchev–Trinajstić information content (AvgIpc) is 3.68. The lowest BCUT2D eigenvalue weighted by molar-refractivity contribution is -0.142. The van der Waals surface area contributed by atoms with Gasteiger partial charge in [-0.1, -0.05) is 41.5 Å². The van der Waals surface area contributed by atoms with E-state index >= 15 is 0 Å². The number of nitrogens with zero attached hydrogens (tertiary/aromatic N) is 2. The Bertz CT molecular complexity index is 1640. The first-order valence-corrected chi connectivity index (χ1v) is 22.0. The molecule has 356 valence electrons. The van der Waals surface area contributed by atoms with E-state index in [0.717, 1.165) is 0 Å². The first kappa shape index (κ1) is 53.6. The zero-order valence-corrected chi connectivity index (χ0v) is 37.6. The van der Waals surface area contributed by atoms with Gasteiger partial charge in [-0.2, -0.15) is 0 Å². The third-order valence-corrected chi connectivity index (χ3v) is 10.5. The lowest BCUT2D eigenvalue weighted by Crippen LogP contribution is -2.61. The third kappa shape index (κ3) is 19.2. The van der Waals surface area contributed by atoms with Crippen LogP contribution < -0.4 is 54.4 Å². The summed E-state index contributed by atoms with van der Waals surface area (Å²) in [6, 6.07) is -8.89. The van der Waals surface area contributed by atoms with Crippen LogP contribution in [0.25, 0.3) is 0 Å². The van der Waals surface area contributed by atoms with Gasteiger partial charge in [0.05, 0.1) is 13.0 Å². The van der Waals surface area contributed by atoms with Crippen LogP contribution in [0.15, 0.2) is 4.99 Å². The van der Waals surface area contributed by atoms with E-state index in [-0.39, 0.29) is 88.3 Å². The molecule has 7 atom stereocenters. The van der Waals surface area contributed by atoms with Gasteiger partial charge in [-0.3, -0.25) is 48.1 Å². The topological polar surface area (TPSA) is 352 Å². The molecule has 0 spiro atoms. The summed E-state index contributed by atoms with van der Waals surface area (Å²) in [7, 11) is 0. The van der Waals surface area contributed by atoms with Crippen molar-refractivity contribution in [2.45, 2.75) is 154 Å². The van der Waals surface area contributed by atoms with Crippen molar-refractivity contribution in [1.29, 1.82) is 0 Å². The molecule has 22 nitrogen and oxygen atoms in total. The number of carboxylic acids is 1. The summed E-state index contributed by atoms with van der Waals surface area (Å²) in [5, 5.41) is 28.1. The molecule has 0 aliphatic carbocycles. The lowest BCUT2D eigenvalue weighted by atomic mass is 9.99. The van der Waals surface area contributed by atoms with Crippen molar-refractivity contribution in [2.75, 3.05) is 26.2 Å². The molecule has 63 heavy (non-hydrogen) atoms. The Hall–Kier alpha value is -5.54. The fourth-order valence-corrected chi connectivity index (χ4v) is 7.41. The molecule has 2 aliphatic heterocycles. The lowest BCUT2D eigenvalue weighted by Gasteiger charge is -2.31. The van der Waals surface area contributed by atoms with E-state index in [1.807, 2.05) is 13.8 Å². The Morgan fingerprint density at radius 3 is 1.62 bits per heavy atom. The van der Waals surface area contributed by atoms with Crippen LogP contribution in [0.1, 0.15) is 112 Å². The van der Waals surface area contributed by atoms with E-state index in [0.29, 0.717) is 19.3 Å². The van der Waals surface area contributed by atoms with Crippen LogP contribution in [0.3, 0.4) is 0 Å². The fourth-order valence-electron chi connectivity index (χ4n) is 7.41.